The lowest BCUT2D eigenvalue weighted by molar-refractivity contribution is -0.0705. The number of hydrogen-bond acceptors (Lipinski definition) is 5. The van der Waals surface area contributed by atoms with Crippen LogP contribution < -0.4 is 9.47 Å². The first-order chi connectivity index (χ1) is 22.4. The lowest BCUT2D eigenvalue weighted by Crippen LogP contribution is -2.32. The zero-order valence-electron chi connectivity index (χ0n) is 25.3. The minimum absolute atomic E-state index is 0.0210. The van der Waals surface area contributed by atoms with Crippen LogP contribution in [0.2, 0.25) is 5.02 Å². The van der Waals surface area contributed by atoms with Crippen molar-refractivity contribution in [2.24, 2.45) is 5.41 Å². The van der Waals surface area contributed by atoms with Gasteiger partial charge < -0.3 is 14.0 Å². The summed E-state index contributed by atoms with van der Waals surface area (Å²) in [6.07, 6.45) is 1.48. The van der Waals surface area contributed by atoms with E-state index >= 15 is 13.2 Å². The van der Waals surface area contributed by atoms with Crippen LogP contribution in [0.4, 0.5) is 17.6 Å². The fourth-order valence-electron chi connectivity index (χ4n) is 6.22. The molecule has 2 aliphatic rings. The number of ketones is 1. The van der Waals surface area contributed by atoms with E-state index in [4.69, 9.17) is 21.1 Å². The number of carbonyl (C=O) groups excluding carboxylic acids is 1. The second-order valence-electron chi connectivity index (χ2n) is 12.3. The Kier molecular flexibility index (Phi) is 7.28. The average molecular weight is 660 g/mol. The van der Waals surface area contributed by atoms with Gasteiger partial charge in [0.25, 0.3) is 5.79 Å². The van der Waals surface area contributed by atoms with E-state index in [1.165, 1.54) is 32.0 Å². The summed E-state index contributed by atoms with van der Waals surface area (Å²) in [4.78, 5) is 16.5. The molecule has 2 heterocycles. The van der Waals surface area contributed by atoms with Gasteiger partial charge in [-0.15, -0.1) is 0 Å². The van der Waals surface area contributed by atoms with Crippen LogP contribution in [0.1, 0.15) is 60.4 Å². The molecule has 47 heavy (non-hydrogen) atoms. The minimum atomic E-state index is -1.56. The summed E-state index contributed by atoms with van der Waals surface area (Å²) in [5, 5.41) is 9.59. The van der Waals surface area contributed by atoms with Gasteiger partial charge in [-0.3, -0.25) is 4.79 Å². The molecule has 1 fully saturated rings. The Hall–Kier alpha value is -4.88. The summed E-state index contributed by atoms with van der Waals surface area (Å²) >= 11 is 5.92. The summed E-state index contributed by atoms with van der Waals surface area (Å²) in [5.41, 5.74) is 0.363. The molecule has 1 saturated carbocycles. The molecule has 11 heteroatoms. The first-order valence-electron chi connectivity index (χ1n) is 14.9. The highest BCUT2D eigenvalue weighted by molar-refractivity contribution is 6.30. The Morgan fingerprint density at radius 2 is 1.74 bits per heavy atom. The van der Waals surface area contributed by atoms with Crippen LogP contribution in [0.5, 0.6) is 11.5 Å². The number of benzene rings is 4. The van der Waals surface area contributed by atoms with Gasteiger partial charge >= 0.3 is 0 Å². The van der Waals surface area contributed by atoms with Crippen LogP contribution in [-0.2, 0) is 18.8 Å². The van der Waals surface area contributed by atoms with Gasteiger partial charge in [0.05, 0.1) is 17.1 Å². The lowest BCUT2D eigenvalue weighted by Gasteiger charge is -2.24. The molecule has 0 radical (unpaired) electrons. The molecule has 0 N–H and O–H groups in total. The van der Waals surface area contributed by atoms with Crippen LogP contribution in [0.25, 0.3) is 22.2 Å². The molecule has 0 spiro atoms. The van der Waals surface area contributed by atoms with Crippen molar-refractivity contribution >= 4 is 28.4 Å². The third kappa shape index (κ3) is 5.38. The summed E-state index contributed by atoms with van der Waals surface area (Å²) < 4.78 is 75.5. The number of imidazole rings is 1. The van der Waals surface area contributed by atoms with Gasteiger partial charge in [-0.05, 0) is 73.9 Å². The van der Waals surface area contributed by atoms with Gasteiger partial charge in [0.1, 0.15) is 28.8 Å². The number of fused-ring (bicyclic) bond motifs is 2. The third-order valence-electron chi connectivity index (χ3n) is 8.99. The topological polar surface area (TPSA) is 77.1 Å². The lowest BCUT2D eigenvalue weighted by atomic mass is 9.99. The van der Waals surface area contributed by atoms with Crippen LogP contribution in [0.3, 0.4) is 0 Å². The molecule has 1 atom stereocenters. The van der Waals surface area contributed by atoms with E-state index in [0.717, 1.165) is 37.1 Å². The highest BCUT2D eigenvalue weighted by Gasteiger charge is 2.44. The molecule has 238 valence electrons. The van der Waals surface area contributed by atoms with Crippen molar-refractivity contribution in [1.82, 2.24) is 9.55 Å². The number of hydrogen-bond donors (Lipinski definition) is 0. The minimum Gasteiger partial charge on any atom is -0.444 e. The number of Topliss-reactive ketones (excluding diaryl/α,β-unsaturated/α-hetero) is 1. The average Bonchev–Trinajstić information content (AvgIpc) is 3.54. The monoisotopic (exact) mass is 659 g/mol. The Morgan fingerprint density at radius 3 is 2.40 bits per heavy atom. The molecule has 1 aliphatic heterocycles. The summed E-state index contributed by atoms with van der Waals surface area (Å²) in [6, 6.07) is 16.1. The summed E-state index contributed by atoms with van der Waals surface area (Å²) in [6.45, 7) is 3.14. The maximum Gasteiger partial charge on any atom is 0.278 e. The normalized spacial score (nSPS) is 17.6. The Morgan fingerprint density at radius 1 is 1.00 bits per heavy atom. The maximum atomic E-state index is 15.9. The molecule has 0 amide bonds. The van der Waals surface area contributed by atoms with E-state index in [1.54, 1.807) is 22.8 Å². The maximum absolute atomic E-state index is 15.9. The van der Waals surface area contributed by atoms with Crippen molar-refractivity contribution in [3.63, 3.8) is 0 Å². The van der Waals surface area contributed by atoms with Crippen LogP contribution in [0.15, 0.2) is 60.7 Å². The second-order valence-corrected chi connectivity index (χ2v) is 12.8. The second kappa shape index (κ2) is 11.1. The highest BCUT2D eigenvalue weighted by atomic mass is 35.5. The molecular weight excluding hydrogens is 634 g/mol. The first kappa shape index (κ1) is 30.8. The fourth-order valence-corrected chi connectivity index (χ4v) is 6.38. The Labute approximate surface area is 272 Å². The predicted molar refractivity (Wildman–Crippen MR) is 166 cm³/mol. The van der Waals surface area contributed by atoms with E-state index in [9.17, 15) is 14.4 Å². The fraction of sp³-hybridized carbons (Fsp3) is 0.250. The SMILES string of the molecule is CC(=O)c1cc(F)c2nc(Cc3c(F)cc(-c4cccc5c4OC(C)(c4ccc(Cl)cc4F)O5)cc3F)n(CC3(CC#N)CC3)c2c1. The van der Waals surface area contributed by atoms with Crippen molar-refractivity contribution in [2.45, 2.75) is 51.9 Å². The van der Waals surface area contributed by atoms with Crippen LogP contribution >= 0.6 is 11.6 Å². The van der Waals surface area contributed by atoms with Crippen molar-refractivity contribution in [3.8, 4) is 28.7 Å². The largest absolute Gasteiger partial charge is 0.444 e. The predicted octanol–water partition coefficient (Wildman–Crippen LogP) is 9.04. The van der Waals surface area contributed by atoms with Gasteiger partial charge in [-0.2, -0.15) is 5.26 Å². The van der Waals surface area contributed by atoms with Gasteiger partial charge in [0, 0.05) is 53.4 Å². The molecule has 6 nitrogen and oxygen atoms in total. The van der Waals surface area contributed by atoms with E-state index in [0.29, 0.717) is 11.1 Å². The Balaban J connectivity index is 1.26. The summed E-state index contributed by atoms with van der Waals surface area (Å²) in [7, 11) is 0. The first-order valence-corrected chi connectivity index (χ1v) is 15.3. The molecule has 7 rings (SSSR count). The zero-order valence-corrected chi connectivity index (χ0v) is 26.0. The molecule has 5 aromatic rings. The number of ether oxygens (including phenoxy) is 2. The van der Waals surface area contributed by atoms with Crippen molar-refractivity contribution in [2.75, 3.05) is 0 Å². The molecule has 4 aromatic carbocycles. The number of nitrogens with zero attached hydrogens (tertiary/aromatic N) is 3. The van der Waals surface area contributed by atoms with E-state index in [2.05, 4.69) is 11.1 Å². The Bertz CT molecular complexity index is 2150. The molecular formula is C36H26ClF4N3O3. The van der Waals surface area contributed by atoms with Gasteiger partial charge in [0.2, 0.25) is 0 Å². The van der Waals surface area contributed by atoms with Crippen molar-refractivity contribution in [3.05, 3.63) is 111 Å². The number of nitriles is 1. The van der Waals surface area contributed by atoms with Gasteiger partial charge in [-0.1, -0.05) is 23.7 Å². The van der Waals surface area contributed by atoms with E-state index < -0.39 is 29.1 Å². The molecule has 0 saturated heterocycles. The summed E-state index contributed by atoms with van der Waals surface area (Å²) in [5.74, 6) is -4.36. The molecule has 1 aliphatic carbocycles. The molecule has 0 bridgehead atoms. The smallest absolute Gasteiger partial charge is 0.278 e. The van der Waals surface area contributed by atoms with Crippen molar-refractivity contribution < 1.29 is 31.8 Å². The third-order valence-corrected chi connectivity index (χ3v) is 9.22. The number of carbonyl (C=O) groups is 1. The van der Waals surface area contributed by atoms with Crippen LogP contribution in [0, 0.1) is 40.0 Å². The molecule has 1 unspecified atom stereocenters. The van der Waals surface area contributed by atoms with E-state index in [1.807, 2.05) is 0 Å². The van der Waals surface area contributed by atoms with E-state index in [-0.39, 0.29) is 80.7 Å². The number of aromatic nitrogens is 2. The quantitative estimate of drug-likeness (QED) is 0.123. The van der Waals surface area contributed by atoms with Crippen LogP contribution in [-0.4, -0.2) is 15.3 Å². The number of para-hydroxylation sites is 1. The highest BCUT2D eigenvalue weighted by Crippen LogP contribution is 2.51. The number of halogens is 5. The van der Waals surface area contributed by atoms with Gasteiger partial charge in [-0.25, -0.2) is 22.5 Å². The molecule has 1 aromatic heterocycles. The van der Waals surface area contributed by atoms with Gasteiger partial charge in [0.15, 0.2) is 23.1 Å². The van der Waals surface area contributed by atoms with Crippen molar-refractivity contribution in [1.29, 1.82) is 5.26 Å². The zero-order chi connectivity index (χ0) is 33.2. The standard InChI is InChI=1S/C36H26ClF4N3O3/c1-19(45)20-12-29(41)33-30(15-20)44(18-36(8-9-36)10-11-42)32(43-33)17-24-26(38)13-21(14-27(24)39)23-4-3-5-31-34(23)47-35(2,46-31)25-7-6-22(37)16-28(25)40/h3-7,12-16H,8-10,17-18H2,1-2H3. The number of rotatable bonds is 8.